The maximum atomic E-state index is 13.2. The molecular weight excluding hydrogens is 464 g/mol. The minimum Gasteiger partial charge on any atom is -0.280 e. The highest BCUT2D eigenvalue weighted by Gasteiger charge is 2.18. The van der Waals surface area contributed by atoms with Gasteiger partial charge in [-0.2, -0.15) is 0 Å². The number of rotatable bonds is 8. The van der Waals surface area contributed by atoms with Gasteiger partial charge in [-0.25, -0.2) is 8.42 Å². The van der Waals surface area contributed by atoms with Crippen LogP contribution in [-0.4, -0.2) is 20.1 Å². The molecule has 0 saturated carbocycles. The number of para-hydroxylation sites is 2. The van der Waals surface area contributed by atoms with Gasteiger partial charge in [0, 0.05) is 22.0 Å². The first kappa shape index (κ1) is 23.6. The second-order valence-corrected chi connectivity index (χ2v) is 10.4. The van der Waals surface area contributed by atoms with Crippen molar-refractivity contribution in [2.75, 3.05) is 15.4 Å². The standard InChI is InChI=1S/C27H24N2O3S2/c1-21-12-18-26(19-13-21)34(31,32)28-22-14-16-25(17-15-22)33-20-27(30)29(23-8-4-2-5-9-23)24-10-6-3-7-11-24/h2-19,28H,20H2,1H3. The van der Waals surface area contributed by atoms with E-state index in [1.54, 1.807) is 53.4 Å². The van der Waals surface area contributed by atoms with Gasteiger partial charge in [0.05, 0.1) is 10.6 Å². The number of carbonyl (C=O) groups excluding carboxylic acids is 1. The first-order valence-corrected chi connectivity index (χ1v) is 13.1. The second-order valence-electron chi connectivity index (χ2n) is 7.63. The highest BCUT2D eigenvalue weighted by molar-refractivity contribution is 8.00. The van der Waals surface area contributed by atoms with Crippen molar-refractivity contribution in [1.82, 2.24) is 0 Å². The van der Waals surface area contributed by atoms with Crippen LogP contribution in [0.15, 0.2) is 119 Å². The predicted octanol–water partition coefficient (Wildman–Crippen LogP) is 6.25. The maximum absolute atomic E-state index is 13.2. The molecule has 0 spiro atoms. The lowest BCUT2D eigenvalue weighted by atomic mass is 10.2. The lowest BCUT2D eigenvalue weighted by molar-refractivity contribution is -0.115. The smallest absolute Gasteiger partial charge is 0.261 e. The third-order valence-electron chi connectivity index (χ3n) is 5.08. The SMILES string of the molecule is Cc1ccc(S(=O)(=O)Nc2ccc(SCC(=O)N(c3ccccc3)c3ccccc3)cc2)cc1. The van der Waals surface area contributed by atoms with Gasteiger partial charge in [-0.3, -0.25) is 14.4 Å². The fourth-order valence-electron chi connectivity index (χ4n) is 3.35. The van der Waals surface area contributed by atoms with Gasteiger partial charge in [-0.1, -0.05) is 54.1 Å². The Kier molecular flexibility index (Phi) is 7.35. The number of carbonyl (C=O) groups is 1. The van der Waals surface area contributed by atoms with Gasteiger partial charge < -0.3 is 0 Å². The van der Waals surface area contributed by atoms with Gasteiger partial charge in [0.25, 0.3) is 10.0 Å². The van der Waals surface area contributed by atoms with Crippen LogP contribution in [0.2, 0.25) is 0 Å². The van der Waals surface area contributed by atoms with Crippen LogP contribution in [0.3, 0.4) is 0 Å². The van der Waals surface area contributed by atoms with Gasteiger partial charge in [-0.05, 0) is 67.6 Å². The van der Waals surface area contributed by atoms with Crippen LogP contribution in [0.25, 0.3) is 0 Å². The van der Waals surface area contributed by atoms with Crippen LogP contribution in [-0.2, 0) is 14.8 Å². The Labute approximate surface area is 204 Å². The van der Waals surface area contributed by atoms with E-state index in [1.165, 1.54) is 11.8 Å². The highest BCUT2D eigenvalue weighted by Crippen LogP contribution is 2.28. The van der Waals surface area contributed by atoms with Gasteiger partial charge in [0.1, 0.15) is 0 Å². The number of anilines is 3. The molecule has 172 valence electrons. The molecule has 0 aliphatic rings. The van der Waals surface area contributed by atoms with E-state index in [4.69, 9.17) is 0 Å². The molecule has 0 radical (unpaired) electrons. The second kappa shape index (κ2) is 10.6. The molecule has 1 amide bonds. The normalized spacial score (nSPS) is 11.1. The average Bonchev–Trinajstić information content (AvgIpc) is 2.85. The number of thioether (sulfide) groups is 1. The molecule has 0 fully saturated rings. The summed E-state index contributed by atoms with van der Waals surface area (Å²) in [4.78, 5) is 16.0. The molecule has 0 bridgehead atoms. The molecule has 0 unspecified atom stereocenters. The van der Waals surface area contributed by atoms with Crippen molar-refractivity contribution in [3.8, 4) is 0 Å². The molecule has 0 atom stereocenters. The Hall–Kier alpha value is -3.55. The van der Waals surface area contributed by atoms with Crippen LogP contribution < -0.4 is 9.62 Å². The summed E-state index contributed by atoms with van der Waals surface area (Å²) in [5.41, 5.74) is 3.07. The third kappa shape index (κ3) is 5.87. The molecule has 0 aliphatic carbocycles. The Morgan fingerprint density at radius 3 is 1.82 bits per heavy atom. The topological polar surface area (TPSA) is 66.5 Å². The summed E-state index contributed by atoms with van der Waals surface area (Å²) in [5.74, 6) is 0.185. The summed E-state index contributed by atoms with van der Waals surface area (Å²) >= 11 is 1.40. The van der Waals surface area contributed by atoms with E-state index in [0.29, 0.717) is 5.69 Å². The number of benzene rings is 4. The van der Waals surface area contributed by atoms with Crippen LogP contribution in [0.4, 0.5) is 17.1 Å². The maximum Gasteiger partial charge on any atom is 0.261 e. The van der Waals surface area contributed by atoms with Crippen molar-refractivity contribution in [2.24, 2.45) is 0 Å². The number of hydrogen-bond donors (Lipinski definition) is 1. The molecule has 0 saturated heterocycles. The average molecular weight is 489 g/mol. The molecule has 5 nitrogen and oxygen atoms in total. The van der Waals surface area contributed by atoms with Crippen molar-refractivity contribution in [1.29, 1.82) is 0 Å². The van der Waals surface area contributed by atoms with Gasteiger partial charge in [-0.15, -0.1) is 11.8 Å². The molecule has 7 heteroatoms. The molecule has 0 heterocycles. The van der Waals surface area contributed by atoms with Crippen molar-refractivity contribution >= 4 is 44.8 Å². The Balaban J connectivity index is 1.43. The lowest BCUT2D eigenvalue weighted by Crippen LogP contribution is -2.27. The van der Waals surface area contributed by atoms with E-state index in [-0.39, 0.29) is 16.6 Å². The van der Waals surface area contributed by atoms with E-state index in [1.807, 2.05) is 67.6 Å². The van der Waals surface area contributed by atoms with E-state index in [0.717, 1.165) is 21.8 Å². The van der Waals surface area contributed by atoms with Crippen LogP contribution in [0, 0.1) is 6.92 Å². The zero-order valence-electron chi connectivity index (χ0n) is 18.6. The van der Waals surface area contributed by atoms with E-state index >= 15 is 0 Å². The van der Waals surface area contributed by atoms with Crippen LogP contribution in [0.5, 0.6) is 0 Å². The van der Waals surface area contributed by atoms with E-state index in [2.05, 4.69) is 4.72 Å². The zero-order chi connectivity index (χ0) is 24.0. The molecule has 4 rings (SSSR count). The summed E-state index contributed by atoms with van der Waals surface area (Å²) in [7, 11) is -3.66. The van der Waals surface area contributed by atoms with E-state index < -0.39 is 10.0 Å². The molecular formula is C27H24N2O3S2. The monoisotopic (exact) mass is 488 g/mol. The van der Waals surface area contributed by atoms with Gasteiger partial charge in [0.2, 0.25) is 5.91 Å². The first-order valence-electron chi connectivity index (χ1n) is 10.7. The van der Waals surface area contributed by atoms with Crippen molar-refractivity contribution in [2.45, 2.75) is 16.7 Å². The van der Waals surface area contributed by atoms with Crippen molar-refractivity contribution in [3.05, 3.63) is 115 Å². The molecule has 0 aliphatic heterocycles. The van der Waals surface area contributed by atoms with Crippen molar-refractivity contribution in [3.63, 3.8) is 0 Å². The predicted molar refractivity (Wildman–Crippen MR) is 139 cm³/mol. The summed E-state index contributed by atoms with van der Waals surface area (Å²) < 4.78 is 27.8. The minimum atomic E-state index is -3.66. The summed E-state index contributed by atoms with van der Waals surface area (Å²) in [5, 5.41) is 0. The molecule has 0 aromatic heterocycles. The van der Waals surface area contributed by atoms with Crippen LogP contribution in [0.1, 0.15) is 5.56 Å². The number of amides is 1. The lowest BCUT2D eigenvalue weighted by Gasteiger charge is -2.23. The largest absolute Gasteiger partial charge is 0.280 e. The fourth-order valence-corrected chi connectivity index (χ4v) is 5.16. The highest BCUT2D eigenvalue weighted by atomic mass is 32.2. The number of hydrogen-bond acceptors (Lipinski definition) is 4. The molecule has 34 heavy (non-hydrogen) atoms. The Bertz CT molecular complexity index is 1300. The molecule has 1 N–H and O–H groups in total. The Morgan fingerprint density at radius 2 is 1.29 bits per heavy atom. The van der Waals surface area contributed by atoms with Crippen molar-refractivity contribution < 1.29 is 13.2 Å². The summed E-state index contributed by atoms with van der Waals surface area (Å²) in [6.45, 7) is 1.91. The molecule has 4 aromatic rings. The zero-order valence-corrected chi connectivity index (χ0v) is 20.2. The number of nitrogens with zero attached hydrogens (tertiary/aromatic N) is 1. The molecule has 4 aromatic carbocycles. The fraction of sp³-hybridized carbons (Fsp3) is 0.0741. The number of nitrogens with one attached hydrogen (secondary N) is 1. The quantitative estimate of drug-likeness (QED) is 0.298. The van der Waals surface area contributed by atoms with Crippen LogP contribution >= 0.6 is 11.8 Å². The third-order valence-corrected chi connectivity index (χ3v) is 7.47. The summed E-state index contributed by atoms with van der Waals surface area (Å²) in [6.07, 6.45) is 0. The Morgan fingerprint density at radius 1 is 0.765 bits per heavy atom. The number of aryl methyl sites for hydroxylation is 1. The van der Waals surface area contributed by atoms with Gasteiger partial charge >= 0.3 is 0 Å². The number of sulfonamides is 1. The van der Waals surface area contributed by atoms with E-state index in [9.17, 15) is 13.2 Å². The first-order chi connectivity index (χ1) is 16.4. The summed E-state index contributed by atoms with van der Waals surface area (Å²) in [6, 6.07) is 32.8. The minimum absolute atomic E-state index is 0.0495. The van der Waals surface area contributed by atoms with Gasteiger partial charge in [0.15, 0.2) is 0 Å².